The van der Waals surface area contributed by atoms with Gasteiger partial charge in [0.05, 0.1) is 12.0 Å². The second-order valence-electron chi connectivity index (χ2n) is 9.72. The lowest BCUT2D eigenvalue weighted by Crippen LogP contribution is -2.40. The molecule has 2 aromatic carbocycles. The van der Waals surface area contributed by atoms with Crippen molar-refractivity contribution in [1.82, 2.24) is 10.2 Å². The summed E-state index contributed by atoms with van der Waals surface area (Å²) in [4.78, 5) is 30.2. The minimum absolute atomic E-state index is 0.0407. The van der Waals surface area contributed by atoms with Gasteiger partial charge in [0.25, 0.3) is 0 Å². The van der Waals surface area contributed by atoms with Crippen LogP contribution in [0.25, 0.3) is 0 Å². The van der Waals surface area contributed by atoms with E-state index in [1.807, 2.05) is 86.3 Å². The van der Waals surface area contributed by atoms with Crippen LogP contribution in [0.5, 0.6) is 0 Å². The molecule has 2 atom stereocenters. The van der Waals surface area contributed by atoms with Crippen LogP contribution >= 0.6 is 0 Å². The molecular weight excluding hydrogens is 440 g/mol. The molecule has 7 heteroatoms. The van der Waals surface area contributed by atoms with Gasteiger partial charge in [-0.3, -0.25) is 4.79 Å². The first-order valence-electron chi connectivity index (χ1n) is 12.6. The number of carbonyl (C=O) groups excluding carboxylic acids is 2. The van der Waals surface area contributed by atoms with Crippen LogP contribution in [0.1, 0.15) is 57.1 Å². The van der Waals surface area contributed by atoms with Crippen LogP contribution < -0.4 is 15.5 Å². The lowest BCUT2D eigenvalue weighted by atomic mass is 9.94. The smallest absolute Gasteiger partial charge is 0.319 e. The SMILES string of the molecule is CC[C@@H](C(=O)N(Cc1cc(NC(=O)NC(C)C)ccc1N(C)C)C[C@H]1CCCO1)c1ccccc1. The minimum atomic E-state index is -0.244. The predicted octanol–water partition coefficient (Wildman–Crippen LogP) is 4.98. The fourth-order valence-corrected chi connectivity index (χ4v) is 4.59. The summed E-state index contributed by atoms with van der Waals surface area (Å²) in [7, 11) is 3.98. The molecule has 35 heavy (non-hydrogen) atoms. The van der Waals surface area contributed by atoms with Crippen molar-refractivity contribution < 1.29 is 14.3 Å². The van der Waals surface area contributed by atoms with Crippen molar-refractivity contribution in [1.29, 1.82) is 0 Å². The second kappa shape index (κ2) is 12.6. The number of amides is 3. The molecule has 0 spiro atoms. The lowest BCUT2D eigenvalue weighted by molar-refractivity contribution is -0.135. The zero-order valence-corrected chi connectivity index (χ0v) is 21.7. The largest absolute Gasteiger partial charge is 0.377 e. The van der Waals surface area contributed by atoms with Gasteiger partial charge in [0, 0.05) is 51.2 Å². The van der Waals surface area contributed by atoms with E-state index >= 15 is 0 Å². The fraction of sp³-hybridized carbons (Fsp3) is 0.500. The molecule has 3 amide bonds. The second-order valence-corrected chi connectivity index (χ2v) is 9.72. The highest BCUT2D eigenvalue weighted by atomic mass is 16.5. The molecule has 0 bridgehead atoms. The van der Waals surface area contributed by atoms with Crippen LogP contribution in [-0.2, 0) is 16.1 Å². The van der Waals surface area contributed by atoms with E-state index in [0.29, 0.717) is 18.8 Å². The Hall–Kier alpha value is -3.06. The van der Waals surface area contributed by atoms with Gasteiger partial charge in [-0.05, 0) is 62.4 Å². The van der Waals surface area contributed by atoms with Gasteiger partial charge in [-0.25, -0.2) is 4.79 Å². The van der Waals surface area contributed by atoms with E-state index in [2.05, 4.69) is 17.6 Å². The van der Waals surface area contributed by atoms with Crippen molar-refractivity contribution in [3.05, 3.63) is 59.7 Å². The average Bonchev–Trinajstić information content (AvgIpc) is 3.32. The van der Waals surface area contributed by atoms with Crippen LogP contribution in [0, 0.1) is 0 Å². The highest BCUT2D eigenvalue weighted by Gasteiger charge is 2.29. The summed E-state index contributed by atoms with van der Waals surface area (Å²) in [5.41, 5.74) is 3.72. The molecular formula is C28H40N4O3. The molecule has 0 aromatic heterocycles. The van der Waals surface area contributed by atoms with Crippen LogP contribution in [0.3, 0.4) is 0 Å². The predicted molar refractivity (Wildman–Crippen MR) is 142 cm³/mol. The van der Waals surface area contributed by atoms with Gasteiger partial charge in [-0.2, -0.15) is 0 Å². The van der Waals surface area contributed by atoms with E-state index in [-0.39, 0.29) is 30.0 Å². The van der Waals surface area contributed by atoms with E-state index in [9.17, 15) is 9.59 Å². The zero-order chi connectivity index (χ0) is 25.4. The Morgan fingerprint density at radius 2 is 1.86 bits per heavy atom. The van der Waals surface area contributed by atoms with Crippen LogP contribution in [-0.4, -0.2) is 56.2 Å². The van der Waals surface area contributed by atoms with E-state index < -0.39 is 0 Å². The summed E-state index contributed by atoms with van der Waals surface area (Å²) >= 11 is 0. The van der Waals surface area contributed by atoms with Gasteiger partial charge in [-0.1, -0.05) is 37.3 Å². The summed E-state index contributed by atoms with van der Waals surface area (Å²) in [6, 6.07) is 15.6. The Balaban J connectivity index is 1.90. The van der Waals surface area contributed by atoms with Gasteiger partial charge in [0.1, 0.15) is 0 Å². The van der Waals surface area contributed by atoms with E-state index in [1.54, 1.807) is 0 Å². The standard InChI is InChI=1S/C28H40N4O3/c1-6-25(21-11-8-7-9-12-21)27(33)32(19-24-13-10-16-35-24)18-22-17-23(14-15-26(22)31(4)5)30-28(34)29-20(2)3/h7-9,11-12,14-15,17,20,24-25H,6,10,13,16,18-19H2,1-5H3,(H2,29,30,34)/t24-,25-/m1/s1. The van der Waals surface area contributed by atoms with Gasteiger partial charge in [-0.15, -0.1) is 0 Å². The fourth-order valence-electron chi connectivity index (χ4n) is 4.59. The van der Waals surface area contributed by atoms with Crippen molar-refractivity contribution in [3.63, 3.8) is 0 Å². The Bertz CT molecular complexity index is 971. The number of hydrogen-bond acceptors (Lipinski definition) is 4. The molecule has 0 saturated carbocycles. The number of benzene rings is 2. The van der Waals surface area contributed by atoms with E-state index in [1.165, 1.54) is 0 Å². The van der Waals surface area contributed by atoms with Gasteiger partial charge >= 0.3 is 6.03 Å². The number of rotatable bonds is 10. The molecule has 190 valence electrons. The monoisotopic (exact) mass is 480 g/mol. The molecule has 0 radical (unpaired) electrons. The van der Waals surface area contributed by atoms with Crippen molar-refractivity contribution in [3.8, 4) is 0 Å². The van der Waals surface area contributed by atoms with E-state index in [4.69, 9.17) is 4.74 Å². The van der Waals surface area contributed by atoms with Gasteiger partial charge in [0.15, 0.2) is 0 Å². The number of hydrogen-bond donors (Lipinski definition) is 2. The van der Waals surface area contributed by atoms with Crippen LogP contribution in [0.2, 0.25) is 0 Å². The molecule has 3 rings (SSSR count). The maximum absolute atomic E-state index is 13.9. The Labute approximate surface area is 209 Å². The molecule has 1 aliphatic heterocycles. The van der Waals surface area contributed by atoms with Crippen molar-refractivity contribution in [2.75, 3.05) is 37.5 Å². The van der Waals surface area contributed by atoms with Gasteiger partial charge in [0.2, 0.25) is 5.91 Å². The molecule has 0 unspecified atom stereocenters. The highest BCUT2D eigenvalue weighted by molar-refractivity contribution is 5.90. The maximum Gasteiger partial charge on any atom is 0.319 e. The summed E-state index contributed by atoms with van der Waals surface area (Å²) in [5.74, 6) is -0.103. The summed E-state index contributed by atoms with van der Waals surface area (Å²) < 4.78 is 5.91. The lowest BCUT2D eigenvalue weighted by Gasteiger charge is -2.31. The van der Waals surface area contributed by atoms with Crippen molar-refractivity contribution >= 4 is 23.3 Å². The first kappa shape index (κ1) is 26.5. The molecule has 2 N–H and O–H groups in total. The molecule has 2 aromatic rings. The van der Waals surface area contributed by atoms with Crippen molar-refractivity contribution in [2.24, 2.45) is 0 Å². The Kier molecular flexibility index (Phi) is 9.55. The van der Waals surface area contributed by atoms with Crippen LogP contribution in [0.15, 0.2) is 48.5 Å². The quantitative estimate of drug-likeness (QED) is 0.503. The summed E-state index contributed by atoms with van der Waals surface area (Å²) in [5, 5.41) is 5.77. The number of nitrogens with zero attached hydrogens (tertiary/aromatic N) is 2. The molecule has 1 fully saturated rings. The third kappa shape index (κ3) is 7.46. The molecule has 1 heterocycles. The first-order valence-corrected chi connectivity index (χ1v) is 12.6. The molecule has 1 saturated heterocycles. The molecule has 7 nitrogen and oxygen atoms in total. The number of ether oxygens (including phenoxy) is 1. The third-order valence-corrected chi connectivity index (χ3v) is 6.27. The Morgan fingerprint density at radius 1 is 1.11 bits per heavy atom. The number of anilines is 2. The first-order chi connectivity index (χ1) is 16.8. The minimum Gasteiger partial charge on any atom is -0.377 e. The average molecular weight is 481 g/mol. The van der Waals surface area contributed by atoms with Gasteiger partial charge < -0.3 is 25.2 Å². The zero-order valence-electron chi connectivity index (χ0n) is 21.7. The highest BCUT2D eigenvalue weighted by Crippen LogP contribution is 2.29. The number of urea groups is 1. The van der Waals surface area contributed by atoms with E-state index in [0.717, 1.165) is 42.7 Å². The summed E-state index contributed by atoms with van der Waals surface area (Å²) in [6.45, 7) is 7.65. The number of nitrogens with one attached hydrogen (secondary N) is 2. The number of carbonyl (C=O) groups is 2. The maximum atomic E-state index is 13.9. The van der Waals surface area contributed by atoms with Crippen LogP contribution in [0.4, 0.5) is 16.2 Å². The molecule has 1 aliphatic rings. The normalized spacial score (nSPS) is 16.1. The Morgan fingerprint density at radius 3 is 2.46 bits per heavy atom. The topological polar surface area (TPSA) is 73.9 Å². The van der Waals surface area contributed by atoms with Crippen molar-refractivity contribution in [2.45, 2.75) is 64.6 Å². The summed E-state index contributed by atoms with van der Waals surface area (Å²) in [6.07, 6.45) is 2.76. The molecule has 0 aliphatic carbocycles. The third-order valence-electron chi connectivity index (χ3n) is 6.27.